The summed E-state index contributed by atoms with van der Waals surface area (Å²) in [7, 11) is 1.64. The Morgan fingerprint density at radius 3 is 2.56 bits per heavy atom. The van der Waals surface area contributed by atoms with E-state index < -0.39 is 0 Å². The molecule has 0 aliphatic rings. The predicted octanol–water partition coefficient (Wildman–Crippen LogP) is 2.63. The normalized spacial score (nSPS) is 12.4. The fourth-order valence-corrected chi connectivity index (χ4v) is 1.90. The molecular formula is C15H17NO2. The molecule has 0 saturated carbocycles. The second kappa shape index (κ2) is 5.19. The maximum Gasteiger partial charge on any atom is 0.166 e. The van der Waals surface area contributed by atoms with E-state index in [9.17, 15) is 4.79 Å². The van der Waals surface area contributed by atoms with Gasteiger partial charge in [0.1, 0.15) is 5.75 Å². The first-order valence-electron chi connectivity index (χ1n) is 5.98. The molecular weight excluding hydrogens is 226 g/mol. The lowest BCUT2D eigenvalue weighted by molar-refractivity contribution is 0.0934. The summed E-state index contributed by atoms with van der Waals surface area (Å²) in [6, 6.07) is 11.5. The van der Waals surface area contributed by atoms with Crippen molar-refractivity contribution in [2.45, 2.75) is 6.92 Å². The van der Waals surface area contributed by atoms with Crippen molar-refractivity contribution in [2.75, 3.05) is 13.7 Å². The standard InChI is InChI=1S/C15H17NO2/c1-10(9-16)15(17)13-4-3-12-8-14(18-2)6-5-11(12)7-13/h3-8,10H,9,16H2,1-2H3. The molecule has 2 aromatic carbocycles. The van der Waals surface area contributed by atoms with Crippen LogP contribution in [-0.2, 0) is 0 Å². The zero-order valence-corrected chi connectivity index (χ0v) is 10.6. The van der Waals surface area contributed by atoms with Gasteiger partial charge in [0, 0.05) is 18.0 Å². The number of ether oxygens (including phenoxy) is 1. The molecule has 2 rings (SSSR count). The Hall–Kier alpha value is -1.87. The fourth-order valence-electron chi connectivity index (χ4n) is 1.90. The highest BCUT2D eigenvalue weighted by Crippen LogP contribution is 2.22. The average Bonchev–Trinajstić information content (AvgIpc) is 2.44. The summed E-state index contributed by atoms with van der Waals surface area (Å²) < 4.78 is 5.17. The molecule has 3 heteroatoms. The van der Waals surface area contributed by atoms with E-state index in [1.165, 1.54) is 0 Å². The van der Waals surface area contributed by atoms with Gasteiger partial charge in [-0.1, -0.05) is 25.1 Å². The third kappa shape index (κ3) is 2.36. The van der Waals surface area contributed by atoms with Gasteiger partial charge in [-0.05, 0) is 29.0 Å². The molecule has 1 unspecified atom stereocenters. The summed E-state index contributed by atoms with van der Waals surface area (Å²) in [6.45, 7) is 2.22. The van der Waals surface area contributed by atoms with Crippen LogP contribution in [0.5, 0.6) is 5.75 Å². The summed E-state index contributed by atoms with van der Waals surface area (Å²) in [4.78, 5) is 12.0. The molecule has 18 heavy (non-hydrogen) atoms. The van der Waals surface area contributed by atoms with E-state index in [2.05, 4.69) is 0 Å². The van der Waals surface area contributed by atoms with Gasteiger partial charge in [-0.15, -0.1) is 0 Å². The van der Waals surface area contributed by atoms with E-state index in [0.29, 0.717) is 12.1 Å². The fraction of sp³-hybridized carbons (Fsp3) is 0.267. The van der Waals surface area contributed by atoms with Gasteiger partial charge in [0.2, 0.25) is 0 Å². The van der Waals surface area contributed by atoms with E-state index in [4.69, 9.17) is 10.5 Å². The van der Waals surface area contributed by atoms with Crippen LogP contribution >= 0.6 is 0 Å². The average molecular weight is 243 g/mol. The van der Waals surface area contributed by atoms with Crippen LogP contribution in [-0.4, -0.2) is 19.4 Å². The van der Waals surface area contributed by atoms with Gasteiger partial charge >= 0.3 is 0 Å². The number of carbonyl (C=O) groups is 1. The molecule has 0 radical (unpaired) electrons. The molecule has 0 spiro atoms. The maximum atomic E-state index is 12.0. The van der Waals surface area contributed by atoms with E-state index in [1.807, 2.05) is 43.3 Å². The molecule has 2 N–H and O–H groups in total. The molecule has 2 aromatic rings. The number of nitrogens with two attached hydrogens (primary N) is 1. The number of fused-ring (bicyclic) bond motifs is 1. The van der Waals surface area contributed by atoms with Crippen LogP contribution in [0.4, 0.5) is 0 Å². The van der Waals surface area contributed by atoms with Gasteiger partial charge in [0.15, 0.2) is 5.78 Å². The summed E-state index contributed by atoms with van der Waals surface area (Å²) in [5, 5.41) is 2.09. The van der Waals surface area contributed by atoms with E-state index >= 15 is 0 Å². The number of benzene rings is 2. The van der Waals surface area contributed by atoms with Gasteiger partial charge in [-0.25, -0.2) is 0 Å². The lowest BCUT2D eigenvalue weighted by atomic mass is 9.97. The Kier molecular flexibility index (Phi) is 3.63. The summed E-state index contributed by atoms with van der Waals surface area (Å²) >= 11 is 0. The first kappa shape index (κ1) is 12.6. The predicted molar refractivity (Wildman–Crippen MR) is 73.0 cm³/mol. The van der Waals surface area contributed by atoms with E-state index in [1.54, 1.807) is 7.11 Å². The van der Waals surface area contributed by atoms with Gasteiger partial charge in [-0.3, -0.25) is 4.79 Å². The summed E-state index contributed by atoms with van der Waals surface area (Å²) in [5.41, 5.74) is 6.24. The second-order valence-electron chi connectivity index (χ2n) is 4.43. The lowest BCUT2D eigenvalue weighted by Gasteiger charge is -2.09. The number of carbonyl (C=O) groups excluding carboxylic acids is 1. The van der Waals surface area contributed by atoms with Crippen molar-refractivity contribution < 1.29 is 9.53 Å². The maximum absolute atomic E-state index is 12.0. The third-order valence-electron chi connectivity index (χ3n) is 3.13. The number of hydrogen-bond donors (Lipinski definition) is 1. The van der Waals surface area contributed by atoms with Crippen molar-refractivity contribution in [1.82, 2.24) is 0 Å². The van der Waals surface area contributed by atoms with Crippen LogP contribution in [0.2, 0.25) is 0 Å². The minimum Gasteiger partial charge on any atom is -0.497 e. The smallest absolute Gasteiger partial charge is 0.166 e. The van der Waals surface area contributed by atoms with Gasteiger partial charge in [-0.2, -0.15) is 0 Å². The Bertz CT molecular complexity index is 578. The van der Waals surface area contributed by atoms with Gasteiger partial charge in [0.05, 0.1) is 7.11 Å². The quantitative estimate of drug-likeness (QED) is 0.840. The highest BCUT2D eigenvalue weighted by molar-refractivity contribution is 6.01. The molecule has 0 amide bonds. The van der Waals surface area contributed by atoms with Crippen molar-refractivity contribution in [3.8, 4) is 5.75 Å². The molecule has 1 atom stereocenters. The molecule has 94 valence electrons. The van der Waals surface area contributed by atoms with Crippen molar-refractivity contribution in [1.29, 1.82) is 0 Å². The Balaban J connectivity index is 2.42. The first-order chi connectivity index (χ1) is 8.65. The molecule has 0 saturated heterocycles. The van der Waals surface area contributed by atoms with Crippen molar-refractivity contribution in [3.05, 3.63) is 42.0 Å². The summed E-state index contributed by atoms with van der Waals surface area (Å²) in [5.74, 6) is 0.771. The number of ketones is 1. The number of methoxy groups -OCH3 is 1. The number of Topliss-reactive ketones (excluding diaryl/α,β-unsaturated/α-hetero) is 1. The zero-order valence-electron chi connectivity index (χ0n) is 10.6. The third-order valence-corrected chi connectivity index (χ3v) is 3.13. The SMILES string of the molecule is COc1ccc2cc(C(=O)C(C)CN)ccc2c1. The molecule has 3 nitrogen and oxygen atoms in total. The number of rotatable bonds is 4. The topological polar surface area (TPSA) is 52.3 Å². The highest BCUT2D eigenvalue weighted by atomic mass is 16.5. The van der Waals surface area contributed by atoms with Crippen molar-refractivity contribution in [2.24, 2.45) is 11.7 Å². The van der Waals surface area contributed by atoms with Crippen LogP contribution in [0.15, 0.2) is 36.4 Å². The van der Waals surface area contributed by atoms with Crippen LogP contribution < -0.4 is 10.5 Å². The molecule has 0 fully saturated rings. The van der Waals surface area contributed by atoms with Crippen LogP contribution in [0.25, 0.3) is 10.8 Å². The molecule has 0 heterocycles. The van der Waals surface area contributed by atoms with Crippen LogP contribution in [0.3, 0.4) is 0 Å². The van der Waals surface area contributed by atoms with Gasteiger partial charge in [0.25, 0.3) is 0 Å². The Morgan fingerprint density at radius 2 is 1.89 bits per heavy atom. The van der Waals surface area contributed by atoms with Crippen molar-refractivity contribution >= 4 is 16.6 Å². The van der Waals surface area contributed by atoms with Gasteiger partial charge < -0.3 is 10.5 Å². The Morgan fingerprint density at radius 1 is 1.22 bits per heavy atom. The van der Waals surface area contributed by atoms with E-state index in [0.717, 1.165) is 16.5 Å². The minimum absolute atomic E-state index is 0.0928. The lowest BCUT2D eigenvalue weighted by Crippen LogP contribution is -2.20. The van der Waals surface area contributed by atoms with E-state index in [-0.39, 0.29) is 11.7 Å². The molecule has 0 aromatic heterocycles. The molecule has 0 aliphatic heterocycles. The highest BCUT2D eigenvalue weighted by Gasteiger charge is 2.13. The molecule has 0 aliphatic carbocycles. The molecule has 0 bridgehead atoms. The minimum atomic E-state index is -0.138. The zero-order chi connectivity index (χ0) is 13.1. The van der Waals surface area contributed by atoms with Crippen LogP contribution in [0.1, 0.15) is 17.3 Å². The van der Waals surface area contributed by atoms with Crippen molar-refractivity contribution in [3.63, 3.8) is 0 Å². The monoisotopic (exact) mass is 243 g/mol. The Labute approximate surface area is 107 Å². The van der Waals surface area contributed by atoms with Crippen LogP contribution in [0, 0.1) is 5.92 Å². The largest absolute Gasteiger partial charge is 0.497 e. The summed E-state index contributed by atoms with van der Waals surface area (Å²) in [6.07, 6.45) is 0. The number of hydrogen-bond acceptors (Lipinski definition) is 3. The second-order valence-corrected chi connectivity index (χ2v) is 4.43. The first-order valence-corrected chi connectivity index (χ1v) is 5.98.